The zero-order valence-corrected chi connectivity index (χ0v) is 13.7. The Kier molecular flexibility index (Phi) is 7.51. The van der Waals surface area contributed by atoms with Crippen molar-refractivity contribution in [2.45, 2.75) is 51.9 Å². The summed E-state index contributed by atoms with van der Waals surface area (Å²) in [6.45, 7) is 8.58. The van der Waals surface area contributed by atoms with Crippen molar-refractivity contribution in [2.24, 2.45) is 5.92 Å². The van der Waals surface area contributed by atoms with Crippen LogP contribution in [0.25, 0.3) is 0 Å². The summed E-state index contributed by atoms with van der Waals surface area (Å²) in [7, 11) is 0. The molecule has 0 aromatic carbocycles. The summed E-state index contributed by atoms with van der Waals surface area (Å²) >= 11 is 0. The first-order chi connectivity index (χ1) is 10.3. The van der Waals surface area contributed by atoms with Crippen LogP contribution in [0.4, 0.5) is 0 Å². The summed E-state index contributed by atoms with van der Waals surface area (Å²) < 4.78 is 5.40. The Balaban J connectivity index is 1.73. The maximum Gasteiger partial charge on any atom is 0.248 e. The molecule has 2 aliphatic rings. The van der Waals surface area contributed by atoms with Crippen LogP contribution in [0.3, 0.4) is 0 Å². The van der Waals surface area contributed by atoms with Crippen molar-refractivity contribution in [1.29, 1.82) is 0 Å². The van der Waals surface area contributed by atoms with E-state index in [1.807, 2.05) is 4.90 Å². The summed E-state index contributed by atoms with van der Waals surface area (Å²) in [5.41, 5.74) is 0. The number of carbonyl (C=O) groups is 1. The molecule has 0 aromatic rings. The molecule has 0 radical (unpaired) electrons. The average molecular weight is 296 g/mol. The second-order valence-corrected chi connectivity index (χ2v) is 6.62. The van der Waals surface area contributed by atoms with Gasteiger partial charge in [-0.25, -0.2) is 0 Å². The van der Waals surface area contributed by atoms with Crippen LogP contribution in [-0.2, 0) is 9.53 Å². The van der Waals surface area contributed by atoms with E-state index >= 15 is 0 Å². The number of piperidine rings is 1. The molecular weight excluding hydrogens is 264 g/mol. The van der Waals surface area contributed by atoms with Crippen molar-refractivity contribution in [3.05, 3.63) is 0 Å². The molecule has 0 aliphatic carbocycles. The van der Waals surface area contributed by atoms with Gasteiger partial charge in [0.1, 0.15) is 6.61 Å². The van der Waals surface area contributed by atoms with Gasteiger partial charge < -0.3 is 14.5 Å². The van der Waals surface area contributed by atoms with Crippen LogP contribution in [0, 0.1) is 5.92 Å². The zero-order valence-electron chi connectivity index (χ0n) is 13.7. The number of likely N-dealkylation sites (tertiary alicyclic amines) is 2. The predicted molar refractivity (Wildman–Crippen MR) is 85.3 cm³/mol. The average Bonchev–Trinajstić information content (AvgIpc) is 2.76. The molecule has 2 saturated heterocycles. The van der Waals surface area contributed by atoms with Crippen molar-refractivity contribution in [3.8, 4) is 0 Å². The fraction of sp³-hybridized carbons (Fsp3) is 0.941. The molecule has 4 heteroatoms. The number of nitrogens with zero attached hydrogens (tertiary/aromatic N) is 2. The number of hydrogen-bond acceptors (Lipinski definition) is 3. The van der Waals surface area contributed by atoms with Gasteiger partial charge in [-0.1, -0.05) is 19.8 Å². The molecule has 0 bridgehead atoms. The largest absolute Gasteiger partial charge is 0.372 e. The third-order valence-corrected chi connectivity index (χ3v) is 4.66. The van der Waals surface area contributed by atoms with Crippen molar-refractivity contribution in [3.63, 3.8) is 0 Å². The first-order valence-electron chi connectivity index (χ1n) is 8.87. The lowest BCUT2D eigenvalue weighted by Crippen LogP contribution is -2.45. The molecule has 4 nitrogen and oxygen atoms in total. The van der Waals surface area contributed by atoms with Crippen molar-refractivity contribution < 1.29 is 9.53 Å². The quantitative estimate of drug-likeness (QED) is 0.706. The van der Waals surface area contributed by atoms with Gasteiger partial charge in [-0.05, 0) is 51.1 Å². The van der Waals surface area contributed by atoms with E-state index in [1.165, 1.54) is 51.7 Å². The van der Waals surface area contributed by atoms with E-state index in [-0.39, 0.29) is 12.5 Å². The highest BCUT2D eigenvalue weighted by molar-refractivity contribution is 5.77. The number of amides is 1. The summed E-state index contributed by atoms with van der Waals surface area (Å²) in [6.07, 6.45) is 8.88. The second kappa shape index (κ2) is 9.42. The SMILES string of the molecule is CCCOCC(=O)N1CCC[C@@H](CN2CCCCCC2)C1. The number of ether oxygens (including phenoxy) is 1. The van der Waals surface area contributed by atoms with Crippen molar-refractivity contribution >= 4 is 5.91 Å². The van der Waals surface area contributed by atoms with Crippen LogP contribution in [0.2, 0.25) is 0 Å². The highest BCUT2D eigenvalue weighted by Gasteiger charge is 2.25. The molecule has 0 spiro atoms. The normalized spacial score (nSPS) is 24.8. The van der Waals surface area contributed by atoms with Crippen LogP contribution in [0.5, 0.6) is 0 Å². The standard InChI is InChI=1S/C17H32N2O2/c1-2-12-21-15-17(20)19-11-7-8-16(14-19)13-18-9-5-3-4-6-10-18/h16H,2-15H2,1H3/t16-/m0/s1. The molecule has 0 N–H and O–H groups in total. The van der Waals surface area contributed by atoms with Gasteiger partial charge in [0, 0.05) is 26.2 Å². The smallest absolute Gasteiger partial charge is 0.248 e. The number of hydrogen-bond donors (Lipinski definition) is 0. The zero-order chi connectivity index (χ0) is 14.9. The van der Waals surface area contributed by atoms with Gasteiger partial charge >= 0.3 is 0 Å². The molecule has 0 saturated carbocycles. The van der Waals surface area contributed by atoms with Crippen LogP contribution in [0.15, 0.2) is 0 Å². The fourth-order valence-electron chi connectivity index (χ4n) is 3.52. The molecule has 0 unspecified atom stereocenters. The van der Waals surface area contributed by atoms with Gasteiger partial charge in [0.15, 0.2) is 0 Å². The lowest BCUT2D eigenvalue weighted by molar-refractivity contribution is -0.138. The van der Waals surface area contributed by atoms with E-state index < -0.39 is 0 Å². The maximum atomic E-state index is 12.2. The minimum absolute atomic E-state index is 0.184. The fourth-order valence-corrected chi connectivity index (χ4v) is 3.52. The Labute approximate surface area is 129 Å². The predicted octanol–water partition coefficient (Wildman–Crippen LogP) is 2.53. The van der Waals surface area contributed by atoms with Gasteiger partial charge in [0.05, 0.1) is 0 Å². The molecule has 21 heavy (non-hydrogen) atoms. The molecule has 122 valence electrons. The highest BCUT2D eigenvalue weighted by Crippen LogP contribution is 2.20. The summed E-state index contributed by atoms with van der Waals surface area (Å²) in [4.78, 5) is 16.8. The second-order valence-electron chi connectivity index (χ2n) is 6.62. The van der Waals surface area contributed by atoms with Gasteiger partial charge in [-0.2, -0.15) is 0 Å². The van der Waals surface area contributed by atoms with E-state index in [9.17, 15) is 4.79 Å². The molecule has 2 heterocycles. The van der Waals surface area contributed by atoms with Gasteiger partial charge in [-0.3, -0.25) is 4.79 Å². The number of rotatable bonds is 6. The van der Waals surface area contributed by atoms with Gasteiger partial charge in [0.2, 0.25) is 5.91 Å². The Morgan fingerprint density at radius 2 is 1.86 bits per heavy atom. The molecule has 2 rings (SSSR count). The molecule has 0 aromatic heterocycles. The van der Waals surface area contributed by atoms with E-state index in [1.54, 1.807) is 0 Å². The minimum atomic E-state index is 0.184. The monoisotopic (exact) mass is 296 g/mol. The van der Waals surface area contributed by atoms with Gasteiger partial charge in [-0.15, -0.1) is 0 Å². The first kappa shape index (κ1) is 16.8. The first-order valence-corrected chi connectivity index (χ1v) is 8.87. The topological polar surface area (TPSA) is 32.8 Å². The Morgan fingerprint density at radius 3 is 2.57 bits per heavy atom. The van der Waals surface area contributed by atoms with E-state index in [0.29, 0.717) is 12.5 Å². The van der Waals surface area contributed by atoms with Crippen LogP contribution in [0.1, 0.15) is 51.9 Å². The molecule has 1 amide bonds. The molecule has 2 aliphatic heterocycles. The molecule has 1 atom stereocenters. The Bertz CT molecular complexity index is 301. The maximum absolute atomic E-state index is 12.2. The van der Waals surface area contributed by atoms with Crippen LogP contribution >= 0.6 is 0 Å². The Hall–Kier alpha value is -0.610. The van der Waals surface area contributed by atoms with Crippen LogP contribution < -0.4 is 0 Å². The van der Waals surface area contributed by atoms with Crippen molar-refractivity contribution in [1.82, 2.24) is 9.80 Å². The number of carbonyl (C=O) groups excluding carboxylic acids is 1. The van der Waals surface area contributed by atoms with E-state index in [0.717, 1.165) is 25.9 Å². The summed E-state index contributed by atoms with van der Waals surface area (Å²) in [6, 6.07) is 0. The highest BCUT2D eigenvalue weighted by atomic mass is 16.5. The third kappa shape index (κ3) is 5.95. The lowest BCUT2D eigenvalue weighted by atomic mass is 9.97. The van der Waals surface area contributed by atoms with E-state index in [4.69, 9.17) is 4.74 Å². The summed E-state index contributed by atoms with van der Waals surface area (Å²) in [5, 5.41) is 0. The third-order valence-electron chi connectivity index (χ3n) is 4.66. The van der Waals surface area contributed by atoms with Crippen molar-refractivity contribution in [2.75, 3.05) is 45.9 Å². The molecule has 2 fully saturated rings. The summed E-state index contributed by atoms with van der Waals surface area (Å²) in [5.74, 6) is 0.844. The van der Waals surface area contributed by atoms with E-state index in [2.05, 4.69) is 11.8 Å². The lowest BCUT2D eigenvalue weighted by Gasteiger charge is -2.35. The van der Waals surface area contributed by atoms with Crippen LogP contribution in [-0.4, -0.2) is 61.6 Å². The molecular formula is C17H32N2O2. The Morgan fingerprint density at radius 1 is 1.10 bits per heavy atom. The minimum Gasteiger partial charge on any atom is -0.372 e. The van der Waals surface area contributed by atoms with Gasteiger partial charge in [0.25, 0.3) is 0 Å².